The summed E-state index contributed by atoms with van der Waals surface area (Å²) < 4.78 is 14.9. The number of rotatable bonds is 4. The second-order valence-electron chi connectivity index (χ2n) is 7.60. The van der Waals surface area contributed by atoms with Crippen LogP contribution in [0.25, 0.3) is 16.7 Å². The first-order chi connectivity index (χ1) is 15.0. The van der Waals surface area contributed by atoms with Crippen LogP contribution in [0.4, 0.5) is 10.1 Å². The zero-order valence-electron chi connectivity index (χ0n) is 17.1. The summed E-state index contributed by atoms with van der Waals surface area (Å²) in [5.41, 5.74) is 3.51. The molecule has 0 fully saturated rings. The predicted molar refractivity (Wildman–Crippen MR) is 119 cm³/mol. The maximum absolute atomic E-state index is 13.3. The number of thioether (sulfide) groups is 1. The van der Waals surface area contributed by atoms with E-state index >= 15 is 0 Å². The van der Waals surface area contributed by atoms with Gasteiger partial charge in [0.25, 0.3) is 0 Å². The zero-order valence-corrected chi connectivity index (χ0v) is 17.9. The molecule has 1 amide bonds. The summed E-state index contributed by atoms with van der Waals surface area (Å²) in [6.45, 7) is 3.98. The SMILES string of the molecule is C[C@@H]1Cc2ccccc2N1C(=O)[C@@H](C)Sc1ncnc2c1cnn2-c1ccc(F)cc1. The molecule has 0 spiro atoms. The Morgan fingerprint density at radius 2 is 1.94 bits per heavy atom. The van der Waals surface area contributed by atoms with E-state index in [0.717, 1.165) is 17.5 Å². The topological polar surface area (TPSA) is 63.9 Å². The van der Waals surface area contributed by atoms with E-state index in [0.29, 0.717) is 16.4 Å². The van der Waals surface area contributed by atoms with Gasteiger partial charge in [0.05, 0.1) is 22.5 Å². The van der Waals surface area contributed by atoms with E-state index in [9.17, 15) is 9.18 Å². The molecular formula is C23H20FN5OS. The summed E-state index contributed by atoms with van der Waals surface area (Å²) >= 11 is 1.40. The molecule has 5 rings (SSSR count). The molecule has 3 heterocycles. The summed E-state index contributed by atoms with van der Waals surface area (Å²) in [6.07, 6.45) is 4.02. The lowest BCUT2D eigenvalue weighted by atomic mass is 10.1. The Morgan fingerprint density at radius 3 is 2.74 bits per heavy atom. The van der Waals surface area contributed by atoms with Gasteiger partial charge >= 0.3 is 0 Å². The Bertz CT molecular complexity index is 1270. The van der Waals surface area contributed by atoms with Crippen LogP contribution in [-0.2, 0) is 11.2 Å². The van der Waals surface area contributed by atoms with Crippen molar-refractivity contribution in [3.05, 3.63) is 72.4 Å². The van der Waals surface area contributed by atoms with Gasteiger partial charge in [-0.2, -0.15) is 5.10 Å². The fourth-order valence-electron chi connectivity index (χ4n) is 4.00. The summed E-state index contributed by atoms with van der Waals surface area (Å²) in [4.78, 5) is 24.0. The largest absolute Gasteiger partial charge is 0.308 e. The minimum atomic E-state index is -0.333. The fourth-order valence-corrected chi connectivity index (χ4v) is 4.93. The number of halogens is 1. The van der Waals surface area contributed by atoms with Crippen molar-refractivity contribution in [2.24, 2.45) is 0 Å². The average molecular weight is 434 g/mol. The highest BCUT2D eigenvalue weighted by atomic mass is 32.2. The summed E-state index contributed by atoms with van der Waals surface area (Å²) in [7, 11) is 0. The number of carbonyl (C=O) groups excluding carboxylic acids is 1. The number of benzene rings is 2. The van der Waals surface area contributed by atoms with Crippen LogP contribution in [0.5, 0.6) is 0 Å². The number of para-hydroxylation sites is 1. The number of carbonyl (C=O) groups is 1. The van der Waals surface area contributed by atoms with Crippen molar-refractivity contribution in [1.82, 2.24) is 19.7 Å². The molecule has 0 bridgehead atoms. The molecule has 4 aromatic rings. The zero-order chi connectivity index (χ0) is 21.5. The van der Waals surface area contributed by atoms with Gasteiger partial charge in [0.1, 0.15) is 17.2 Å². The highest BCUT2D eigenvalue weighted by molar-refractivity contribution is 8.00. The van der Waals surface area contributed by atoms with Gasteiger partial charge in [-0.15, -0.1) is 0 Å². The van der Waals surface area contributed by atoms with Crippen LogP contribution < -0.4 is 4.90 Å². The lowest BCUT2D eigenvalue weighted by Crippen LogP contribution is -2.40. The minimum absolute atomic E-state index is 0.0557. The van der Waals surface area contributed by atoms with Crippen LogP contribution in [0.2, 0.25) is 0 Å². The molecule has 2 atom stereocenters. The molecule has 0 saturated carbocycles. The van der Waals surface area contributed by atoms with Crippen molar-refractivity contribution in [2.45, 2.75) is 36.6 Å². The Hall–Kier alpha value is -3.26. The molecule has 8 heteroatoms. The summed E-state index contributed by atoms with van der Waals surface area (Å²) in [5, 5.41) is 5.53. The molecule has 2 aromatic carbocycles. The van der Waals surface area contributed by atoms with Crippen molar-refractivity contribution in [1.29, 1.82) is 0 Å². The molecule has 2 aromatic heterocycles. The van der Waals surface area contributed by atoms with Crippen molar-refractivity contribution >= 4 is 34.4 Å². The van der Waals surface area contributed by atoms with E-state index in [1.807, 2.05) is 30.0 Å². The van der Waals surface area contributed by atoms with Crippen LogP contribution in [0, 0.1) is 5.82 Å². The summed E-state index contributed by atoms with van der Waals surface area (Å²) in [6, 6.07) is 14.2. The molecule has 6 nitrogen and oxygen atoms in total. The minimum Gasteiger partial charge on any atom is -0.308 e. The monoisotopic (exact) mass is 433 g/mol. The molecule has 31 heavy (non-hydrogen) atoms. The highest BCUT2D eigenvalue weighted by Crippen LogP contribution is 2.35. The van der Waals surface area contributed by atoms with Crippen LogP contribution in [0.15, 0.2) is 66.1 Å². The highest BCUT2D eigenvalue weighted by Gasteiger charge is 2.33. The van der Waals surface area contributed by atoms with Gasteiger partial charge in [-0.1, -0.05) is 30.0 Å². The van der Waals surface area contributed by atoms with Crippen LogP contribution in [-0.4, -0.2) is 36.9 Å². The third-order valence-electron chi connectivity index (χ3n) is 5.48. The van der Waals surface area contributed by atoms with Crippen LogP contribution in [0.3, 0.4) is 0 Å². The van der Waals surface area contributed by atoms with Crippen LogP contribution in [0.1, 0.15) is 19.4 Å². The second-order valence-corrected chi connectivity index (χ2v) is 8.93. The van der Waals surface area contributed by atoms with Crippen molar-refractivity contribution in [3.63, 3.8) is 0 Å². The van der Waals surface area contributed by atoms with Crippen molar-refractivity contribution < 1.29 is 9.18 Å². The van der Waals surface area contributed by atoms with Gasteiger partial charge in [0.15, 0.2) is 5.65 Å². The van der Waals surface area contributed by atoms with Crippen LogP contribution >= 0.6 is 11.8 Å². The predicted octanol–water partition coefficient (Wildman–Crippen LogP) is 4.41. The first kappa shape index (κ1) is 19.7. The Balaban J connectivity index is 1.43. The van der Waals surface area contributed by atoms with Gasteiger partial charge in [0, 0.05) is 11.7 Å². The maximum atomic E-state index is 13.3. The van der Waals surface area contributed by atoms with E-state index in [-0.39, 0.29) is 23.0 Å². The second kappa shape index (κ2) is 7.77. The smallest absolute Gasteiger partial charge is 0.240 e. The van der Waals surface area contributed by atoms with E-state index in [2.05, 4.69) is 28.1 Å². The third-order valence-corrected chi connectivity index (χ3v) is 6.59. The quantitative estimate of drug-likeness (QED) is 0.352. The normalized spacial score (nSPS) is 16.5. The lowest BCUT2D eigenvalue weighted by Gasteiger charge is -2.25. The van der Waals surface area contributed by atoms with Crippen molar-refractivity contribution in [2.75, 3.05) is 4.90 Å². The molecule has 0 aliphatic carbocycles. The van der Waals surface area contributed by atoms with Gasteiger partial charge in [-0.05, 0) is 56.2 Å². The molecule has 0 unspecified atom stereocenters. The first-order valence-electron chi connectivity index (χ1n) is 10.0. The van der Waals surface area contributed by atoms with Gasteiger partial charge in [-0.3, -0.25) is 4.79 Å². The average Bonchev–Trinajstić information content (AvgIpc) is 3.35. The first-order valence-corrected chi connectivity index (χ1v) is 10.9. The molecular weight excluding hydrogens is 413 g/mol. The standard InChI is InChI=1S/C23H20FN5OS/c1-14-11-16-5-3-4-6-20(16)28(14)23(30)15(2)31-22-19-12-27-29(21(19)25-13-26-22)18-9-7-17(24)8-10-18/h3-10,12-15H,11H2,1-2H3/t14-,15-/m1/s1. The van der Waals surface area contributed by atoms with E-state index in [1.165, 1.54) is 35.8 Å². The Kier molecular flexibility index (Phi) is 4.94. The number of anilines is 1. The van der Waals surface area contributed by atoms with E-state index in [1.54, 1.807) is 23.0 Å². The molecule has 0 saturated heterocycles. The van der Waals surface area contributed by atoms with Gasteiger partial charge in [0.2, 0.25) is 5.91 Å². The molecule has 0 N–H and O–H groups in total. The number of amides is 1. The number of aromatic nitrogens is 4. The van der Waals surface area contributed by atoms with Crippen molar-refractivity contribution in [3.8, 4) is 5.69 Å². The Labute approximate surface area is 183 Å². The van der Waals surface area contributed by atoms with Gasteiger partial charge < -0.3 is 4.90 Å². The maximum Gasteiger partial charge on any atom is 0.240 e. The fraction of sp³-hybridized carbons (Fsp3) is 0.217. The van der Waals surface area contributed by atoms with E-state index in [4.69, 9.17) is 0 Å². The van der Waals surface area contributed by atoms with E-state index < -0.39 is 0 Å². The molecule has 1 aliphatic heterocycles. The Morgan fingerprint density at radius 1 is 1.16 bits per heavy atom. The number of fused-ring (bicyclic) bond motifs is 2. The molecule has 0 radical (unpaired) electrons. The van der Waals surface area contributed by atoms with Gasteiger partial charge in [-0.25, -0.2) is 19.0 Å². The number of nitrogens with zero attached hydrogens (tertiary/aromatic N) is 5. The number of hydrogen-bond acceptors (Lipinski definition) is 5. The number of hydrogen-bond donors (Lipinski definition) is 0. The molecule has 1 aliphatic rings. The third kappa shape index (κ3) is 3.46. The summed E-state index contributed by atoms with van der Waals surface area (Å²) in [5.74, 6) is -0.253. The lowest BCUT2D eigenvalue weighted by molar-refractivity contribution is -0.118. The molecule has 156 valence electrons.